The van der Waals surface area contributed by atoms with Crippen LogP contribution in [0.2, 0.25) is 0 Å². The van der Waals surface area contributed by atoms with Crippen molar-refractivity contribution in [2.75, 3.05) is 0 Å². The van der Waals surface area contributed by atoms with E-state index in [-0.39, 0.29) is 0 Å². The van der Waals surface area contributed by atoms with Crippen LogP contribution in [0, 0.1) is 0 Å². The van der Waals surface area contributed by atoms with Gasteiger partial charge in [0.15, 0.2) is 17.5 Å². The highest BCUT2D eigenvalue weighted by molar-refractivity contribution is 7.26. The first-order chi connectivity index (χ1) is 29.3. The smallest absolute Gasteiger partial charge is 0.164 e. The molecule has 6 heterocycles. The van der Waals surface area contributed by atoms with Crippen LogP contribution in [0.5, 0.6) is 0 Å². The first-order valence-corrected chi connectivity index (χ1v) is 20.8. The normalized spacial score (nSPS) is 12.7. The van der Waals surface area contributed by atoms with Crippen LogP contribution in [-0.2, 0) is 0 Å². The molecule has 0 aliphatic rings. The molecule has 5 nitrogen and oxygen atoms in total. The molecule has 6 aromatic heterocycles. The fraction of sp³-hybridized carbons (Fsp3) is 0. The fourth-order valence-electron chi connectivity index (χ4n) is 10.6. The number of nitrogens with zero attached hydrogens (tertiary/aromatic N) is 5. The maximum atomic E-state index is 5.24. The number of benzene rings is 9. The SMILES string of the molecule is c1ccc(-c2nc(-c3ccc(-n4c5ccc6sc7ccc8c9cccc%10c%11ccc4c4c5c6c7c8n(c9%10)c%114)cc3)nc(-c3cc4ccccc4c4ccccc34)n2)cc1. The minimum absolute atomic E-state index is 0.643. The van der Waals surface area contributed by atoms with Crippen molar-refractivity contribution in [2.45, 2.75) is 0 Å². The molecule has 15 aromatic rings. The van der Waals surface area contributed by atoms with Crippen LogP contribution in [0.15, 0.2) is 164 Å². The van der Waals surface area contributed by atoms with Gasteiger partial charge in [-0.1, -0.05) is 109 Å². The largest absolute Gasteiger partial charge is 0.309 e. The Bertz CT molecular complexity index is 4170. The summed E-state index contributed by atoms with van der Waals surface area (Å²) in [6.45, 7) is 0. The second kappa shape index (κ2) is 10.6. The molecule has 0 unspecified atom stereocenters. The summed E-state index contributed by atoms with van der Waals surface area (Å²) < 4.78 is 7.74. The van der Waals surface area contributed by atoms with Crippen LogP contribution in [0.4, 0.5) is 0 Å². The maximum absolute atomic E-state index is 5.24. The Morgan fingerprint density at radius 3 is 1.76 bits per heavy atom. The molecule has 0 saturated carbocycles. The number of aromatic nitrogens is 5. The first kappa shape index (κ1) is 30.5. The van der Waals surface area contributed by atoms with E-state index in [2.05, 4.69) is 155 Å². The standard InChI is InChI=1S/C53H27N5S/c1-2-9-28(10-3-1)51-54-52(56-53(55-51)39-27-30-11-4-5-12-32(30)33-13-6-7-14-34(33)39)29-17-19-31(20-18-29)57-40-24-26-42-46-44(40)45-41(57)23-21-37-35-15-8-16-36-38-22-25-43(59-42)47(46)50(38)58(48(35)36)49(37)45/h1-27H. The topological polar surface area (TPSA) is 48.0 Å². The van der Waals surface area contributed by atoms with Gasteiger partial charge in [0, 0.05) is 74.9 Å². The third-order valence-corrected chi connectivity index (χ3v) is 14.1. The molecular weight excluding hydrogens is 739 g/mol. The van der Waals surface area contributed by atoms with Crippen molar-refractivity contribution < 1.29 is 0 Å². The van der Waals surface area contributed by atoms with Crippen molar-refractivity contribution >= 4 is 113 Å². The summed E-state index contributed by atoms with van der Waals surface area (Å²) in [5.41, 5.74) is 10.4. The lowest BCUT2D eigenvalue weighted by atomic mass is 9.97. The third kappa shape index (κ3) is 3.74. The van der Waals surface area contributed by atoms with Gasteiger partial charge in [0.2, 0.25) is 0 Å². The molecule has 0 aliphatic carbocycles. The minimum atomic E-state index is 0.643. The molecule has 59 heavy (non-hydrogen) atoms. The summed E-state index contributed by atoms with van der Waals surface area (Å²) in [7, 11) is 0. The Labute approximate surface area is 339 Å². The highest BCUT2D eigenvalue weighted by Crippen LogP contribution is 2.53. The zero-order chi connectivity index (χ0) is 38.1. The molecule has 9 aromatic carbocycles. The lowest BCUT2D eigenvalue weighted by molar-refractivity contribution is 1.08. The summed E-state index contributed by atoms with van der Waals surface area (Å²) in [6.07, 6.45) is 0. The van der Waals surface area contributed by atoms with E-state index in [4.69, 9.17) is 15.0 Å². The monoisotopic (exact) mass is 765 g/mol. The van der Waals surface area contributed by atoms with Gasteiger partial charge >= 0.3 is 0 Å². The van der Waals surface area contributed by atoms with E-state index >= 15 is 0 Å². The van der Waals surface area contributed by atoms with Crippen LogP contribution >= 0.6 is 11.3 Å². The van der Waals surface area contributed by atoms with Crippen LogP contribution in [0.25, 0.3) is 141 Å². The molecule has 0 N–H and O–H groups in total. The number of fused-ring (bicyclic) bond motifs is 5. The Morgan fingerprint density at radius 2 is 0.949 bits per heavy atom. The van der Waals surface area contributed by atoms with Crippen molar-refractivity contribution in [1.29, 1.82) is 0 Å². The summed E-state index contributed by atoms with van der Waals surface area (Å²) in [5.74, 6) is 1.95. The zero-order valence-electron chi connectivity index (χ0n) is 31.2. The van der Waals surface area contributed by atoms with E-state index in [9.17, 15) is 0 Å². The average molecular weight is 766 g/mol. The lowest BCUT2D eigenvalue weighted by Crippen LogP contribution is -2.01. The first-order valence-electron chi connectivity index (χ1n) is 20.0. The van der Waals surface area contributed by atoms with Gasteiger partial charge in [-0.25, -0.2) is 15.0 Å². The summed E-state index contributed by atoms with van der Waals surface area (Å²) >= 11 is 1.91. The Kier molecular flexibility index (Phi) is 5.49. The quantitative estimate of drug-likeness (QED) is 0.168. The molecule has 0 amide bonds. The highest BCUT2D eigenvalue weighted by atomic mass is 32.1. The van der Waals surface area contributed by atoms with Crippen LogP contribution in [-0.4, -0.2) is 23.9 Å². The van der Waals surface area contributed by atoms with E-state index in [1.54, 1.807) is 0 Å². The number of thiophene rings is 1. The van der Waals surface area contributed by atoms with Gasteiger partial charge in [0.1, 0.15) is 0 Å². The Balaban J connectivity index is 0.969. The van der Waals surface area contributed by atoms with E-state index in [1.807, 2.05) is 29.5 Å². The fourth-order valence-corrected chi connectivity index (χ4v) is 11.7. The van der Waals surface area contributed by atoms with Crippen molar-refractivity contribution in [3.8, 4) is 39.9 Å². The van der Waals surface area contributed by atoms with Crippen molar-refractivity contribution in [2.24, 2.45) is 0 Å². The predicted octanol–water partition coefficient (Wildman–Crippen LogP) is 14.1. The predicted molar refractivity (Wildman–Crippen MR) is 247 cm³/mol. The number of rotatable bonds is 4. The van der Waals surface area contributed by atoms with E-state index in [1.165, 1.54) is 90.8 Å². The van der Waals surface area contributed by atoms with Crippen LogP contribution in [0.1, 0.15) is 0 Å². The van der Waals surface area contributed by atoms with Crippen molar-refractivity contribution in [3.63, 3.8) is 0 Å². The van der Waals surface area contributed by atoms with E-state index < -0.39 is 0 Å². The molecule has 0 aliphatic heterocycles. The molecule has 0 radical (unpaired) electrons. The van der Waals surface area contributed by atoms with E-state index in [0.717, 1.165) is 33.2 Å². The van der Waals surface area contributed by atoms with Gasteiger partial charge in [-0.3, -0.25) is 0 Å². The minimum Gasteiger partial charge on any atom is -0.309 e. The summed E-state index contributed by atoms with van der Waals surface area (Å²) in [4.78, 5) is 15.5. The number of hydrogen-bond acceptors (Lipinski definition) is 4. The van der Waals surface area contributed by atoms with Crippen LogP contribution < -0.4 is 0 Å². The molecule has 15 rings (SSSR count). The molecule has 0 saturated heterocycles. The molecule has 270 valence electrons. The molecule has 6 heteroatoms. The van der Waals surface area contributed by atoms with Crippen molar-refractivity contribution in [3.05, 3.63) is 164 Å². The Hall–Kier alpha value is -7.67. The van der Waals surface area contributed by atoms with Gasteiger partial charge in [-0.05, 0) is 76.1 Å². The van der Waals surface area contributed by atoms with Crippen molar-refractivity contribution in [1.82, 2.24) is 23.9 Å². The summed E-state index contributed by atoms with van der Waals surface area (Å²) in [6, 6.07) is 59.2. The Morgan fingerprint density at radius 1 is 0.373 bits per heavy atom. The van der Waals surface area contributed by atoms with Gasteiger partial charge < -0.3 is 8.97 Å². The molecule has 0 atom stereocenters. The zero-order valence-corrected chi connectivity index (χ0v) is 32.0. The lowest BCUT2D eigenvalue weighted by Gasteiger charge is -2.13. The van der Waals surface area contributed by atoms with Gasteiger partial charge in [-0.15, -0.1) is 11.3 Å². The summed E-state index contributed by atoms with van der Waals surface area (Å²) in [5, 5.41) is 15.4. The molecule has 0 fully saturated rings. The maximum Gasteiger partial charge on any atom is 0.164 e. The second-order valence-electron chi connectivity index (χ2n) is 15.9. The van der Waals surface area contributed by atoms with Gasteiger partial charge in [-0.2, -0.15) is 0 Å². The van der Waals surface area contributed by atoms with Crippen LogP contribution in [0.3, 0.4) is 0 Å². The molecule has 0 bridgehead atoms. The van der Waals surface area contributed by atoms with Gasteiger partial charge in [0.25, 0.3) is 0 Å². The number of hydrogen-bond donors (Lipinski definition) is 0. The average Bonchev–Trinajstić information content (AvgIpc) is 4.02. The van der Waals surface area contributed by atoms with E-state index in [0.29, 0.717) is 17.5 Å². The second-order valence-corrected chi connectivity index (χ2v) is 17.0. The molecule has 0 spiro atoms. The number of para-hydroxylation sites is 1. The highest BCUT2D eigenvalue weighted by Gasteiger charge is 2.29. The van der Waals surface area contributed by atoms with Gasteiger partial charge in [0.05, 0.1) is 27.6 Å². The third-order valence-electron chi connectivity index (χ3n) is 13.0. The molecular formula is C53H27N5S.